The molecule has 2 aromatic carbocycles. The molecule has 2 heterocycles. The summed E-state index contributed by atoms with van der Waals surface area (Å²) in [6, 6.07) is 16.2. The lowest BCUT2D eigenvalue weighted by Crippen LogP contribution is -2.39. The number of benzene rings is 2. The van der Waals surface area contributed by atoms with Gasteiger partial charge in [-0.1, -0.05) is 59.4 Å². The Bertz CT molecular complexity index is 1490. The maximum Gasteiger partial charge on any atom is 0.338 e. The van der Waals surface area contributed by atoms with Crippen molar-refractivity contribution in [3.05, 3.63) is 96.2 Å². The highest BCUT2D eigenvalue weighted by atomic mass is 32.1. The van der Waals surface area contributed by atoms with Crippen LogP contribution in [-0.2, 0) is 9.53 Å². The fourth-order valence-electron chi connectivity index (χ4n) is 3.84. The van der Waals surface area contributed by atoms with Gasteiger partial charge >= 0.3 is 5.97 Å². The predicted octanol–water partition coefficient (Wildman–Crippen LogP) is 3.01. The Hall–Kier alpha value is -3.96. The number of allylic oxidation sites excluding steroid dienone is 1. The van der Waals surface area contributed by atoms with E-state index in [1.165, 1.54) is 11.3 Å². The van der Waals surface area contributed by atoms with Crippen LogP contribution < -0.4 is 19.6 Å². The number of nitriles is 1. The first-order valence-electron chi connectivity index (χ1n) is 10.8. The zero-order valence-corrected chi connectivity index (χ0v) is 19.9. The molecule has 34 heavy (non-hydrogen) atoms. The van der Waals surface area contributed by atoms with E-state index >= 15 is 0 Å². The smallest absolute Gasteiger partial charge is 0.338 e. The minimum atomic E-state index is -0.650. The van der Waals surface area contributed by atoms with E-state index in [-0.39, 0.29) is 18.8 Å². The van der Waals surface area contributed by atoms with E-state index in [0.29, 0.717) is 31.9 Å². The van der Waals surface area contributed by atoms with Crippen molar-refractivity contribution in [1.82, 2.24) is 4.57 Å². The summed E-state index contributed by atoms with van der Waals surface area (Å²) in [4.78, 5) is 31.6. The van der Waals surface area contributed by atoms with Crippen LogP contribution in [0.15, 0.2) is 69.6 Å². The number of para-hydroxylation sites is 1. The van der Waals surface area contributed by atoms with Crippen molar-refractivity contribution in [3.8, 4) is 11.8 Å². The Morgan fingerprint density at radius 1 is 1.21 bits per heavy atom. The molecule has 1 aliphatic heterocycles. The lowest BCUT2D eigenvalue weighted by molar-refractivity contribution is -0.139. The minimum absolute atomic E-state index is 0.0956. The van der Waals surface area contributed by atoms with Crippen LogP contribution in [0.2, 0.25) is 0 Å². The van der Waals surface area contributed by atoms with Crippen LogP contribution in [-0.4, -0.2) is 23.8 Å². The van der Waals surface area contributed by atoms with Crippen LogP contribution in [0.25, 0.3) is 6.08 Å². The largest absolute Gasteiger partial charge is 0.478 e. The monoisotopic (exact) mass is 473 g/mol. The first-order chi connectivity index (χ1) is 16.4. The van der Waals surface area contributed by atoms with Gasteiger partial charge in [-0.15, -0.1) is 0 Å². The maximum atomic E-state index is 13.6. The van der Waals surface area contributed by atoms with Crippen molar-refractivity contribution in [1.29, 1.82) is 5.26 Å². The highest BCUT2D eigenvalue weighted by Gasteiger charge is 2.33. The number of hydrogen-bond donors (Lipinski definition) is 0. The number of aryl methyl sites for hydroxylation is 1. The van der Waals surface area contributed by atoms with Gasteiger partial charge in [0.1, 0.15) is 11.8 Å². The molecular formula is C26H23N3O4S. The summed E-state index contributed by atoms with van der Waals surface area (Å²) < 4.78 is 12.8. The first-order valence-corrected chi connectivity index (χ1v) is 11.6. The van der Waals surface area contributed by atoms with Crippen molar-refractivity contribution < 1.29 is 14.3 Å². The van der Waals surface area contributed by atoms with Crippen molar-refractivity contribution >= 4 is 23.4 Å². The molecule has 0 saturated carbocycles. The number of aromatic nitrogens is 1. The highest BCUT2D eigenvalue weighted by Crippen LogP contribution is 2.30. The Morgan fingerprint density at radius 3 is 2.65 bits per heavy atom. The average molecular weight is 474 g/mol. The van der Waals surface area contributed by atoms with E-state index in [1.807, 2.05) is 49.4 Å². The molecule has 4 rings (SSSR count). The average Bonchev–Trinajstić information content (AvgIpc) is 3.12. The normalized spacial score (nSPS) is 15.4. The molecule has 0 fully saturated rings. The maximum absolute atomic E-state index is 13.6. The zero-order valence-electron chi connectivity index (χ0n) is 19.1. The first kappa shape index (κ1) is 23.2. The number of thiazole rings is 1. The van der Waals surface area contributed by atoms with Crippen molar-refractivity contribution in [2.24, 2.45) is 4.99 Å². The second-order valence-corrected chi connectivity index (χ2v) is 8.71. The van der Waals surface area contributed by atoms with Gasteiger partial charge in [0.05, 0.1) is 28.5 Å². The van der Waals surface area contributed by atoms with E-state index in [2.05, 4.69) is 4.99 Å². The standard InChI is InChI=1S/C26H23N3O4S/c1-4-32-25(31)22-17(3)28-26-29(23(22)18-11-9-16(2)10-12-18)24(30)21(34-26)15-19-7-5-6-8-20(19)33-14-13-27/h5-12,15,23H,4,14H2,1-3H3/b21-15-/t23-/m0/s1. The van der Waals surface area contributed by atoms with Gasteiger partial charge in [-0.05, 0) is 38.5 Å². The molecular weight excluding hydrogens is 450 g/mol. The van der Waals surface area contributed by atoms with Crippen molar-refractivity contribution in [3.63, 3.8) is 0 Å². The minimum Gasteiger partial charge on any atom is -0.478 e. The summed E-state index contributed by atoms with van der Waals surface area (Å²) in [5.74, 6) is 0.0206. The summed E-state index contributed by atoms with van der Waals surface area (Å²) in [5, 5.41) is 8.86. The summed E-state index contributed by atoms with van der Waals surface area (Å²) in [6.45, 7) is 5.61. The number of carbonyl (C=O) groups excluding carboxylic acids is 1. The topological polar surface area (TPSA) is 93.7 Å². The number of carbonyl (C=O) groups is 1. The van der Waals surface area contributed by atoms with Gasteiger partial charge in [-0.3, -0.25) is 9.36 Å². The van der Waals surface area contributed by atoms with Gasteiger partial charge in [0, 0.05) is 5.56 Å². The third-order valence-electron chi connectivity index (χ3n) is 5.41. The lowest BCUT2D eigenvalue weighted by atomic mass is 9.95. The Morgan fingerprint density at radius 2 is 1.94 bits per heavy atom. The molecule has 0 aliphatic carbocycles. The van der Waals surface area contributed by atoms with Gasteiger partial charge in [0.25, 0.3) is 5.56 Å². The zero-order chi connectivity index (χ0) is 24.2. The van der Waals surface area contributed by atoms with Gasteiger partial charge in [-0.25, -0.2) is 9.79 Å². The van der Waals surface area contributed by atoms with Crippen LogP contribution in [0, 0.1) is 18.3 Å². The molecule has 0 radical (unpaired) electrons. The summed E-state index contributed by atoms with van der Waals surface area (Å²) in [5.41, 5.74) is 3.16. The van der Waals surface area contributed by atoms with Crippen LogP contribution in [0.4, 0.5) is 0 Å². The van der Waals surface area contributed by atoms with Gasteiger partial charge in [0.15, 0.2) is 11.4 Å². The third-order valence-corrected chi connectivity index (χ3v) is 6.39. The Labute approximate surface area is 200 Å². The van der Waals surface area contributed by atoms with Crippen molar-refractivity contribution in [2.75, 3.05) is 13.2 Å². The van der Waals surface area contributed by atoms with E-state index in [9.17, 15) is 9.59 Å². The van der Waals surface area contributed by atoms with E-state index in [1.54, 1.807) is 36.6 Å². The van der Waals surface area contributed by atoms with Crippen LogP contribution in [0.3, 0.4) is 0 Å². The molecule has 7 nitrogen and oxygen atoms in total. The molecule has 1 atom stereocenters. The molecule has 1 aliphatic rings. The highest BCUT2D eigenvalue weighted by molar-refractivity contribution is 7.07. The Kier molecular flexibility index (Phi) is 6.75. The summed E-state index contributed by atoms with van der Waals surface area (Å²) in [6.07, 6.45) is 1.73. The van der Waals surface area contributed by atoms with Crippen molar-refractivity contribution in [2.45, 2.75) is 26.8 Å². The third kappa shape index (κ3) is 4.43. The van der Waals surface area contributed by atoms with Crippen LogP contribution in [0.1, 0.15) is 36.6 Å². The quantitative estimate of drug-likeness (QED) is 0.513. The predicted molar refractivity (Wildman–Crippen MR) is 129 cm³/mol. The van der Waals surface area contributed by atoms with Gasteiger partial charge < -0.3 is 9.47 Å². The summed E-state index contributed by atoms with van der Waals surface area (Å²) in [7, 11) is 0. The second-order valence-electron chi connectivity index (χ2n) is 7.70. The fraction of sp³-hybridized carbons (Fsp3) is 0.231. The second kappa shape index (κ2) is 9.89. The number of ether oxygens (including phenoxy) is 2. The fourth-order valence-corrected chi connectivity index (χ4v) is 4.88. The molecule has 0 bridgehead atoms. The number of fused-ring (bicyclic) bond motifs is 1. The molecule has 3 aromatic rings. The number of hydrogen-bond acceptors (Lipinski definition) is 7. The van der Waals surface area contributed by atoms with E-state index < -0.39 is 12.0 Å². The number of esters is 1. The molecule has 0 amide bonds. The van der Waals surface area contributed by atoms with Crippen LogP contribution in [0.5, 0.6) is 5.75 Å². The Balaban J connectivity index is 1.93. The molecule has 0 N–H and O–H groups in total. The van der Waals surface area contributed by atoms with Crippen LogP contribution >= 0.6 is 11.3 Å². The molecule has 0 unspecified atom stereocenters. The number of nitrogens with zero attached hydrogens (tertiary/aromatic N) is 3. The lowest BCUT2D eigenvalue weighted by Gasteiger charge is -2.24. The summed E-state index contributed by atoms with van der Waals surface area (Å²) >= 11 is 1.24. The molecule has 8 heteroatoms. The molecule has 172 valence electrons. The molecule has 1 aromatic heterocycles. The molecule has 0 saturated heterocycles. The SMILES string of the molecule is CCOC(=O)C1=C(C)N=c2s/c(=C\c3ccccc3OCC#N)c(=O)n2[C@H]1c1ccc(C)cc1. The number of rotatable bonds is 6. The van der Waals surface area contributed by atoms with Gasteiger partial charge in [-0.2, -0.15) is 5.26 Å². The van der Waals surface area contributed by atoms with E-state index in [4.69, 9.17) is 14.7 Å². The van der Waals surface area contributed by atoms with Gasteiger partial charge in [0.2, 0.25) is 0 Å². The van der Waals surface area contributed by atoms with E-state index in [0.717, 1.165) is 11.1 Å². The molecule has 0 spiro atoms.